The fourth-order valence-corrected chi connectivity index (χ4v) is 1.22. The molecule has 4 heteroatoms. The molecule has 0 bridgehead atoms. The average molecular weight is 216 g/mol. The van der Waals surface area contributed by atoms with Crippen molar-refractivity contribution in [3.8, 4) is 11.6 Å². The van der Waals surface area contributed by atoms with E-state index in [1.54, 1.807) is 6.20 Å². The van der Waals surface area contributed by atoms with E-state index in [0.717, 1.165) is 0 Å². The Balaban J connectivity index is 2.34. The van der Waals surface area contributed by atoms with Gasteiger partial charge in [-0.1, -0.05) is 0 Å². The Morgan fingerprint density at radius 1 is 1.64 bits per heavy atom. The smallest absolute Gasteiger partial charge is 0.257 e. The van der Waals surface area contributed by atoms with E-state index in [-0.39, 0.29) is 5.01 Å². The van der Waals surface area contributed by atoms with Crippen molar-refractivity contribution in [3.63, 3.8) is 0 Å². The van der Waals surface area contributed by atoms with Crippen LogP contribution in [0, 0.1) is 0 Å². The highest BCUT2D eigenvalue weighted by molar-refractivity contribution is 9.09. The SMILES string of the molecule is BrC1COc2ncccc2O1. The van der Waals surface area contributed by atoms with E-state index in [1.165, 1.54) is 0 Å². The number of ether oxygens (including phenoxy) is 2. The number of fused-ring (bicyclic) bond motifs is 1. The monoisotopic (exact) mass is 215 g/mol. The molecule has 0 spiro atoms. The Morgan fingerprint density at radius 2 is 2.55 bits per heavy atom. The van der Waals surface area contributed by atoms with Gasteiger partial charge < -0.3 is 9.47 Å². The molecule has 1 unspecified atom stereocenters. The number of nitrogens with zero attached hydrogens (tertiary/aromatic N) is 1. The van der Waals surface area contributed by atoms with Gasteiger partial charge in [-0.05, 0) is 28.1 Å². The number of alkyl halides is 1. The van der Waals surface area contributed by atoms with E-state index in [4.69, 9.17) is 9.47 Å². The highest BCUT2D eigenvalue weighted by Crippen LogP contribution is 2.29. The summed E-state index contributed by atoms with van der Waals surface area (Å²) >= 11 is 3.28. The van der Waals surface area contributed by atoms with Crippen molar-refractivity contribution in [3.05, 3.63) is 18.3 Å². The zero-order chi connectivity index (χ0) is 7.68. The first kappa shape index (κ1) is 6.91. The molecule has 1 aliphatic heterocycles. The fourth-order valence-electron chi connectivity index (χ4n) is 0.890. The molecule has 0 aromatic carbocycles. The molecule has 1 aromatic heterocycles. The van der Waals surface area contributed by atoms with E-state index in [9.17, 15) is 0 Å². The van der Waals surface area contributed by atoms with Crippen molar-refractivity contribution in [2.45, 2.75) is 5.01 Å². The predicted molar refractivity (Wildman–Crippen MR) is 43.1 cm³/mol. The van der Waals surface area contributed by atoms with Crippen molar-refractivity contribution in [2.75, 3.05) is 6.61 Å². The molecule has 0 saturated carbocycles. The van der Waals surface area contributed by atoms with Gasteiger partial charge >= 0.3 is 0 Å². The topological polar surface area (TPSA) is 31.4 Å². The highest BCUT2D eigenvalue weighted by Gasteiger charge is 2.18. The quantitative estimate of drug-likeness (QED) is 0.617. The third kappa shape index (κ3) is 1.30. The van der Waals surface area contributed by atoms with Gasteiger partial charge in [-0.2, -0.15) is 0 Å². The van der Waals surface area contributed by atoms with Crippen LogP contribution in [-0.4, -0.2) is 16.6 Å². The lowest BCUT2D eigenvalue weighted by atomic mass is 10.4. The van der Waals surface area contributed by atoms with Crippen LogP contribution in [-0.2, 0) is 0 Å². The first-order valence-corrected chi connectivity index (χ1v) is 4.16. The molecular formula is C7H6BrNO2. The molecule has 0 fully saturated rings. The van der Waals surface area contributed by atoms with Gasteiger partial charge in [0.15, 0.2) is 10.8 Å². The summed E-state index contributed by atoms with van der Waals surface area (Å²) in [5.41, 5.74) is 0. The minimum Gasteiger partial charge on any atom is -0.470 e. The van der Waals surface area contributed by atoms with Gasteiger partial charge in [0.25, 0.3) is 5.88 Å². The van der Waals surface area contributed by atoms with Gasteiger partial charge in [-0.15, -0.1) is 0 Å². The number of hydrogen-bond acceptors (Lipinski definition) is 3. The van der Waals surface area contributed by atoms with Crippen LogP contribution >= 0.6 is 15.9 Å². The van der Waals surface area contributed by atoms with Crippen LogP contribution in [0.1, 0.15) is 0 Å². The molecule has 1 aromatic rings. The third-order valence-corrected chi connectivity index (χ3v) is 1.79. The molecule has 3 nitrogen and oxygen atoms in total. The van der Waals surface area contributed by atoms with Crippen LogP contribution in [0.15, 0.2) is 18.3 Å². The summed E-state index contributed by atoms with van der Waals surface area (Å²) in [5, 5.41) is -0.0563. The van der Waals surface area contributed by atoms with Crippen LogP contribution < -0.4 is 9.47 Å². The Labute approximate surface area is 72.5 Å². The van der Waals surface area contributed by atoms with Gasteiger partial charge in [0.05, 0.1) is 0 Å². The standard InChI is InChI=1S/C7H6BrNO2/c8-6-4-10-7-5(11-6)2-1-3-9-7/h1-3,6H,4H2. The van der Waals surface area contributed by atoms with E-state index < -0.39 is 0 Å². The van der Waals surface area contributed by atoms with Crippen LogP contribution in [0.5, 0.6) is 11.6 Å². The summed E-state index contributed by atoms with van der Waals surface area (Å²) in [7, 11) is 0. The molecule has 2 heterocycles. The Kier molecular flexibility index (Phi) is 1.69. The number of rotatable bonds is 0. The summed E-state index contributed by atoms with van der Waals surface area (Å²) in [4.78, 5) is 3.99. The van der Waals surface area contributed by atoms with Crippen molar-refractivity contribution in [1.82, 2.24) is 4.98 Å². The number of pyridine rings is 1. The third-order valence-electron chi connectivity index (χ3n) is 1.34. The highest BCUT2D eigenvalue weighted by atomic mass is 79.9. The molecule has 0 N–H and O–H groups in total. The second-order valence-corrected chi connectivity index (χ2v) is 3.17. The molecular weight excluding hydrogens is 210 g/mol. The molecule has 0 saturated heterocycles. The van der Waals surface area contributed by atoms with Crippen LogP contribution in [0.2, 0.25) is 0 Å². The van der Waals surface area contributed by atoms with Crippen molar-refractivity contribution in [2.24, 2.45) is 0 Å². The maximum absolute atomic E-state index is 5.36. The van der Waals surface area contributed by atoms with Crippen LogP contribution in [0.25, 0.3) is 0 Å². The van der Waals surface area contributed by atoms with E-state index in [2.05, 4.69) is 20.9 Å². The van der Waals surface area contributed by atoms with Crippen LogP contribution in [0.4, 0.5) is 0 Å². The number of aromatic nitrogens is 1. The van der Waals surface area contributed by atoms with E-state index >= 15 is 0 Å². The first-order chi connectivity index (χ1) is 5.36. The van der Waals surface area contributed by atoms with Gasteiger partial charge in [-0.3, -0.25) is 0 Å². The van der Waals surface area contributed by atoms with Gasteiger partial charge in [-0.25, -0.2) is 4.98 Å². The van der Waals surface area contributed by atoms with E-state index in [1.807, 2.05) is 12.1 Å². The lowest BCUT2D eigenvalue weighted by molar-refractivity contribution is 0.146. The molecule has 1 aliphatic rings. The number of hydrogen-bond donors (Lipinski definition) is 0. The van der Waals surface area contributed by atoms with Gasteiger partial charge in [0, 0.05) is 6.20 Å². The zero-order valence-corrected chi connectivity index (χ0v) is 7.24. The number of halogens is 1. The first-order valence-electron chi connectivity index (χ1n) is 3.25. The molecule has 11 heavy (non-hydrogen) atoms. The lowest BCUT2D eigenvalue weighted by Gasteiger charge is -2.20. The second kappa shape index (κ2) is 2.70. The minimum absolute atomic E-state index is 0.0563. The molecule has 0 amide bonds. The summed E-state index contributed by atoms with van der Waals surface area (Å²) in [6.45, 7) is 0.504. The lowest BCUT2D eigenvalue weighted by Crippen LogP contribution is -2.23. The summed E-state index contributed by atoms with van der Waals surface area (Å²) < 4.78 is 10.6. The summed E-state index contributed by atoms with van der Waals surface area (Å²) in [5.74, 6) is 1.27. The summed E-state index contributed by atoms with van der Waals surface area (Å²) in [6.07, 6.45) is 1.68. The average Bonchev–Trinajstić information content (AvgIpc) is 2.04. The molecule has 1 atom stereocenters. The molecule has 0 radical (unpaired) electrons. The summed E-state index contributed by atoms with van der Waals surface area (Å²) in [6, 6.07) is 3.64. The normalized spacial score (nSPS) is 21.4. The molecule has 2 rings (SSSR count). The maximum atomic E-state index is 5.36. The van der Waals surface area contributed by atoms with Crippen molar-refractivity contribution < 1.29 is 9.47 Å². The van der Waals surface area contributed by atoms with Crippen LogP contribution in [0.3, 0.4) is 0 Å². The minimum atomic E-state index is -0.0563. The zero-order valence-electron chi connectivity index (χ0n) is 5.66. The Hall–Kier alpha value is -0.770. The second-order valence-electron chi connectivity index (χ2n) is 2.15. The molecule has 58 valence electrons. The van der Waals surface area contributed by atoms with E-state index in [0.29, 0.717) is 18.2 Å². The van der Waals surface area contributed by atoms with Crippen molar-refractivity contribution in [1.29, 1.82) is 0 Å². The predicted octanol–water partition coefficient (Wildman–Crippen LogP) is 1.57. The van der Waals surface area contributed by atoms with Gasteiger partial charge in [0.1, 0.15) is 6.61 Å². The Bertz CT molecular complexity index is 266. The van der Waals surface area contributed by atoms with Gasteiger partial charge in [0.2, 0.25) is 0 Å². The maximum Gasteiger partial charge on any atom is 0.257 e. The Morgan fingerprint density at radius 3 is 3.45 bits per heavy atom. The van der Waals surface area contributed by atoms with Crippen molar-refractivity contribution >= 4 is 15.9 Å². The largest absolute Gasteiger partial charge is 0.470 e. The molecule has 0 aliphatic carbocycles. The fraction of sp³-hybridized carbons (Fsp3) is 0.286.